The molecule has 0 aliphatic carbocycles. The molecule has 0 saturated carbocycles. The molecule has 2 rings (SSSR count). The van der Waals surface area contributed by atoms with Gasteiger partial charge in [0.1, 0.15) is 5.67 Å². The zero-order valence-electron chi connectivity index (χ0n) is 12.1. The number of methoxy groups -OCH3 is 1. The van der Waals surface area contributed by atoms with Crippen LogP contribution in [0, 0.1) is 0 Å². The van der Waals surface area contributed by atoms with Gasteiger partial charge in [0.2, 0.25) is 0 Å². The Morgan fingerprint density at radius 2 is 2.25 bits per heavy atom. The Bertz CT molecular complexity index is 427. The van der Waals surface area contributed by atoms with Gasteiger partial charge in [-0.1, -0.05) is 24.3 Å². The van der Waals surface area contributed by atoms with Crippen LogP contribution in [0.1, 0.15) is 36.5 Å². The van der Waals surface area contributed by atoms with Crippen molar-refractivity contribution < 1.29 is 13.9 Å². The summed E-state index contributed by atoms with van der Waals surface area (Å²) in [4.78, 5) is 0. The van der Waals surface area contributed by atoms with E-state index in [9.17, 15) is 4.39 Å². The molecule has 1 aliphatic heterocycles. The number of rotatable bonds is 7. The molecule has 4 heteroatoms. The van der Waals surface area contributed by atoms with Gasteiger partial charge in [0.25, 0.3) is 0 Å². The highest BCUT2D eigenvalue weighted by molar-refractivity contribution is 5.31. The molecule has 2 N–H and O–H groups in total. The summed E-state index contributed by atoms with van der Waals surface area (Å²) < 4.78 is 25.9. The lowest BCUT2D eigenvalue weighted by molar-refractivity contribution is -0.0398. The lowest BCUT2D eigenvalue weighted by Crippen LogP contribution is -2.34. The number of benzene rings is 1. The van der Waals surface area contributed by atoms with E-state index in [1.165, 1.54) is 12.7 Å². The van der Waals surface area contributed by atoms with E-state index in [0.717, 1.165) is 12.0 Å². The van der Waals surface area contributed by atoms with E-state index in [1.807, 2.05) is 18.2 Å². The predicted octanol–water partition coefficient (Wildman–Crippen LogP) is 2.78. The minimum absolute atomic E-state index is 0.0923. The van der Waals surface area contributed by atoms with Gasteiger partial charge in [-0.25, -0.2) is 4.39 Å². The lowest BCUT2D eigenvalue weighted by Gasteiger charge is -2.32. The molecule has 1 aromatic rings. The number of ether oxygens (including phenoxy) is 2. The van der Waals surface area contributed by atoms with E-state index < -0.39 is 5.67 Å². The second-order valence-electron chi connectivity index (χ2n) is 5.49. The second-order valence-corrected chi connectivity index (χ2v) is 5.49. The molecule has 0 bridgehead atoms. The third-order valence-electron chi connectivity index (χ3n) is 3.88. The molecular weight excluding hydrogens is 257 g/mol. The maximum absolute atomic E-state index is 15.0. The van der Waals surface area contributed by atoms with Gasteiger partial charge in [-0.2, -0.15) is 0 Å². The van der Waals surface area contributed by atoms with Crippen LogP contribution in [-0.4, -0.2) is 32.5 Å². The van der Waals surface area contributed by atoms with Gasteiger partial charge in [-0.3, -0.25) is 0 Å². The molecule has 0 radical (unpaired) electrons. The van der Waals surface area contributed by atoms with E-state index >= 15 is 0 Å². The third kappa shape index (κ3) is 3.78. The quantitative estimate of drug-likeness (QED) is 0.836. The summed E-state index contributed by atoms with van der Waals surface area (Å²) in [5.41, 5.74) is 6.51. The average Bonchev–Trinajstić information content (AvgIpc) is 2.46. The standard InChI is InChI=1S/C16H24FNO2/c1-19-12-16(17,8-4-9-18)11-15-14-6-3-2-5-13(14)7-10-20-15/h2-3,5-6,15H,4,7-12,18H2,1H3. The Kier molecular flexibility index (Phi) is 5.52. The Hall–Kier alpha value is -0.970. The zero-order chi connectivity index (χ0) is 14.4. The first kappa shape index (κ1) is 15.4. The maximum atomic E-state index is 15.0. The normalized spacial score (nSPS) is 21.2. The van der Waals surface area contributed by atoms with Crippen molar-refractivity contribution in [2.24, 2.45) is 5.73 Å². The third-order valence-corrected chi connectivity index (χ3v) is 3.88. The van der Waals surface area contributed by atoms with Crippen LogP contribution in [0.3, 0.4) is 0 Å². The molecule has 0 aromatic heterocycles. The van der Waals surface area contributed by atoms with Gasteiger partial charge < -0.3 is 15.2 Å². The molecule has 0 fully saturated rings. The summed E-state index contributed by atoms with van der Waals surface area (Å²) in [5, 5.41) is 0. The Morgan fingerprint density at radius 3 is 3.00 bits per heavy atom. The molecule has 1 heterocycles. The van der Waals surface area contributed by atoms with Crippen molar-refractivity contribution in [2.45, 2.75) is 37.5 Å². The summed E-state index contributed by atoms with van der Waals surface area (Å²) in [5.74, 6) is 0. The lowest BCUT2D eigenvalue weighted by atomic mass is 9.87. The topological polar surface area (TPSA) is 44.5 Å². The summed E-state index contributed by atoms with van der Waals surface area (Å²) >= 11 is 0. The van der Waals surface area contributed by atoms with E-state index in [4.69, 9.17) is 15.2 Å². The number of halogens is 1. The van der Waals surface area contributed by atoms with Crippen molar-refractivity contribution in [3.63, 3.8) is 0 Å². The van der Waals surface area contributed by atoms with Gasteiger partial charge >= 0.3 is 0 Å². The van der Waals surface area contributed by atoms with Gasteiger partial charge in [0, 0.05) is 13.5 Å². The van der Waals surface area contributed by atoms with Gasteiger partial charge in [-0.05, 0) is 36.9 Å². The molecule has 112 valence electrons. The van der Waals surface area contributed by atoms with Crippen LogP contribution in [0.15, 0.2) is 24.3 Å². The molecule has 1 aromatic carbocycles. The summed E-state index contributed by atoms with van der Waals surface area (Å²) in [6.07, 6.45) is 2.13. The predicted molar refractivity (Wildman–Crippen MR) is 77.5 cm³/mol. The van der Waals surface area contributed by atoms with Gasteiger partial charge in [-0.15, -0.1) is 0 Å². The van der Waals surface area contributed by atoms with E-state index in [2.05, 4.69) is 6.07 Å². The molecule has 2 atom stereocenters. The van der Waals surface area contributed by atoms with Gasteiger partial charge in [0.15, 0.2) is 0 Å². The molecule has 0 saturated heterocycles. The summed E-state index contributed by atoms with van der Waals surface area (Å²) in [7, 11) is 1.53. The van der Waals surface area contributed by atoms with Crippen molar-refractivity contribution in [3.05, 3.63) is 35.4 Å². The van der Waals surface area contributed by atoms with E-state index in [1.54, 1.807) is 0 Å². The van der Waals surface area contributed by atoms with Crippen molar-refractivity contribution >= 4 is 0 Å². The number of fused-ring (bicyclic) bond motifs is 1. The Labute approximate surface area is 120 Å². The van der Waals surface area contributed by atoms with Crippen LogP contribution in [0.4, 0.5) is 4.39 Å². The molecule has 3 nitrogen and oxygen atoms in total. The van der Waals surface area contributed by atoms with Crippen LogP contribution in [0.25, 0.3) is 0 Å². The van der Waals surface area contributed by atoms with Crippen molar-refractivity contribution in [1.82, 2.24) is 0 Å². The number of hydrogen-bond acceptors (Lipinski definition) is 3. The molecule has 0 amide bonds. The van der Waals surface area contributed by atoms with Crippen LogP contribution in [0.2, 0.25) is 0 Å². The summed E-state index contributed by atoms with van der Waals surface area (Å²) in [6, 6.07) is 8.14. The molecule has 0 spiro atoms. The molecule has 20 heavy (non-hydrogen) atoms. The summed E-state index contributed by atoms with van der Waals surface area (Å²) in [6.45, 7) is 1.24. The highest BCUT2D eigenvalue weighted by Crippen LogP contribution is 2.37. The fraction of sp³-hybridized carbons (Fsp3) is 0.625. The first-order valence-electron chi connectivity index (χ1n) is 7.26. The van der Waals surface area contributed by atoms with E-state index in [0.29, 0.717) is 32.4 Å². The minimum Gasteiger partial charge on any atom is -0.381 e. The van der Waals surface area contributed by atoms with Crippen LogP contribution < -0.4 is 5.73 Å². The van der Waals surface area contributed by atoms with Crippen molar-refractivity contribution in [1.29, 1.82) is 0 Å². The van der Waals surface area contributed by atoms with Crippen LogP contribution >= 0.6 is 0 Å². The number of hydrogen-bond donors (Lipinski definition) is 1. The highest BCUT2D eigenvalue weighted by atomic mass is 19.1. The van der Waals surface area contributed by atoms with Crippen molar-refractivity contribution in [2.75, 3.05) is 26.9 Å². The molecular formula is C16H24FNO2. The largest absolute Gasteiger partial charge is 0.381 e. The monoisotopic (exact) mass is 281 g/mol. The minimum atomic E-state index is -1.37. The zero-order valence-corrected chi connectivity index (χ0v) is 12.1. The molecule has 1 aliphatic rings. The highest BCUT2D eigenvalue weighted by Gasteiger charge is 2.35. The van der Waals surface area contributed by atoms with Crippen molar-refractivity contribution in [3.8, 4) is 0 Å². The van der Waals surface area contributed by atoms with Crippen LogP contribution in [-0.2, 0) is 15.9 Å². The first-order chi connectivity index (χ1) is 9.68. The number of alkyl halides is 1. The Morgan fingerprint density at radius 1 is 1.45 bits per heavy atom. The first-order valence-corrected chi connectivity index (χ1v) is 7.26. The van der Waals surface area contributed by atoms with Crippen LogP contribution in [0.5, 0.6) is 0 Å². The van der Waals surface area contributed by atoms with E-state index in [-0.39, 0.29) is 12.7 Å². The Balaban J connectivity index is 2.11. The smallest absolute Gasteiger partial charge is 0.137 e. The second kappa shape index (κ2) is 7.16. The van der Waals surface area contributed by atoms with Gasteiger partial charge in [0.05, 0.1) is 19.3 Å². The average molecular weight is 281 g/mol. The fourth-order valence-electron chi connectivity index (χ4n) is 2.89. The molecule has 2 unspecified atom stereocenters. The SMILES string of the molecule is COCC(F)(CCCN)CC1OCCc2ccccc21. The fourth-order valence-corrected chi connectivity index (χ4v) is 2.89. The maximum Gasteiger partial charge on any atom is 0.137 e. The number of nitrogens with two attached hydrogens (primary N) is 1.